The fourth-order valence-corrected chi connectivity index (χ4v) is 5.10. The predicted molar refractivity (Wildman–Crippen MR) is 171 cm³/mol. The number of likely N-dealkylation sites (tertiary alicyclic amines) is 1. The maximum absolute atomic E-state index is 14.1. The average molecular weight is 619 g/mol. The second kappa shape index (κ2) is 13.9. The zero-order chi connectivity index (χ0) is 31.2. The Morgan fingerprint density at radius 2 is 1.89 bits per heavy atom. The van der Waals surface area contributed by atoms with Crippen LogP contribution in [0.3, 0.4) is 0 Å². The van der Waals surface area contributed by atoms with Crippen LogP contribution < -0.4 is 20.3 Å². The van der Waals surface area contributed by atoms with E-state index in [4.69, 9.17) is 30.8 Å². The summed E-state index contributed by atoms with van der Waals surface area (Å²) in [5.74, 6) is 1.19. The Balaban J connectivity index is 1.42. The Bertz CT molecular complexity index is 1720. The molecule has 0 bridgehead atoms. The van der Waals surface area contributed by atoms with Gasteiger partial charge in [0.2, 0.25) is 11.9 Å². The maximum atomic E-state index is 14.1. The summed E-state index contributed by atoms with van der Waals surface area (Å²) in [6.07, 6.45) is 4.98. The first-order chi connectivity index (χ1) is 21.3. The van der Waals surface area contributed by atoms with Gasteiger partial charge >= 0.3 is 0 Å². The number of hydrogen-bond acceptors (Lipinski definition) is 9. The van der Waals surface area contributed by atoms with Crippen molar-refractivity contribution >= 4 is 40.2 Å². The van der Waals surface area contributed by atoms with Crippen molar-refractivity contribution in [2.24, 2.45) is 0 Å². The van der Waals surface area contributed by atoms with Crippen LogP contribution in [0.15, 0.2) is 71.7 Å². The molecule has 1 amide bonds. The zero-order valence-corrected chi connectivity index (χ0v) is 25.9. The molecule has 0 spiro atoms. The van der Waals surface area contributed by atoms with Gasteiger partial charge in [0.25, 0.3) is 5.56 Å². The number of carbonyl (C=O) groups excluding carboxylic acids is 1. The molecular weight excluding hydrogens is 584 g/mol. The number of pyridine rings is 1. The van der Waals surface area contributed by atoms with Gasteiger partial charge in [-0.05, 0) is 38.4 Å². The Morgan fingerprint density at radius 3 is 2.59 bits per heavy atom. The highest BCUT2D eigenvalue weighted by molar-refractivity contribution is 6.35. The summed E-state index contributed by atoms with van der Waals surface area (Å²) in [5.41, 5.74) is 1.76. The number of rotatable bonds is 12. The molecule has 0 radical (unpaired) electrons. The van der Waals surface area contributed by atoms with Crippen LogP contribution in [0, 0.1) is 0 Å². The third kappa shape index (κ3) is 7.02. The molecule has 3 heterocycles. The van der Waals surface area contributed by atoms with Crippen LogP contribution in [0.1, 0.15) is 0 Å². The number of anilines is 2. The van der Waals surface area contributed by atoms with E-state index in [1.165, 1.54) is 14.2 Å². The third-order valence-electron chi connectivity index (χ3n) is 7.17. The number of amides is 1. The normalized spacial score (nSPS) is 13.5. The molecule has 1 fully saturated rings. The first-order valence-electron chi connectivity index (χ1n) is 14.1. The van der Waals surface area contributed by atoms with Crippen LogP contribution in [0.2, 0.25) is 5.02 Å². The lowest BCUT2D eigenvalue weighted by Gasteiger charge is -2.38. The van der Waals surface area contributed by atoms with E-state index in [-0.39, 0.29) is 35.7 Å². The molecule has 0 atom stereocenters. The van der Waals surface area contributed by atoms with Crippen LogP contribution >= 0.6 is 11.6 Å². The number of hydrogen-bond donors (Lipinski definition) is 1. The van der Waals surface area contributed by atoms with E-state index in [1.807, 2.05) is 55.4 Å². The number of nitrogens with zero attached hydrogens (tertiary/aromatic N) is 5. The monoisotopic (exact) mass is 618 g/mol. The highest BCUT2D eigenvalue weighted by atomic mass is 35.5. The van der Waals surface area contributed by atoms with Crippen LogP contribution in [0.25, 0.3) is 22.2 Å². The number of para-hydroxylation sites is 1. The van der Waals surface area contributed by atoms with E-state index in [9.17, 15) is 9.59 Å². The summed E-state index contributed by atoms with van der Waals surface area (Å²) < 4.78 is 18.5. The van der Waals surface area contributed by atoms with Crippen LogP contribution in [0.4, 0.5) is 11.6 Å². The highest BCUT2D eigenvalue weighted by Gasteiger charge is 2.30. The largest absolute Gasteiger partial charge is 0.497 e. The number of ether oxygens (including phenoxy) is 3. The Labute approximate surface area is 260 Å². The standard InChI is InChI=1S/C32H35ClN6O5/c1-37(2)12-8-11-28(40)38-19-24(20-38)44-14-13-39-30-21(18-34-32(36-30)35-22-9-6-5-7-10-22)15-26(31(39)41)25-16-23(42-3)17-27(43-4)29(25)33/h5-11,15-18,24H,12-14,19-20H2,1-4H3,(H,34,35,36). The van der Waals surface area contributed by atoms with Gasteiger partial charge in [-0.15, -0.1) is 0 Å². The quantitative estimate of drug-likeness (QED) is 0.233. The van der Waals surface area contributed by atoms with E-state index >= 15 is 0 Å². The topological polar surface area (TPSA) is 111 Å². The first kappa shape index (κ1) is 31.0. The molecule has 2 aromatic carbocycles. The molecule has 1 aliphatic rings. The maximum Gasteiger partial charge on any atom is 0.260 e. The van der Waals surface area contributed by atoms with Crippen molar-refractivity contribution < 1.29 is 19.0 Å². The van der Waals surface area contributed by atoms with Crippen molar-refractivity contribution in [2.75, 3.05) is 59.9 Å². The molecule has 44 heavy (non-hydrogen) atoms. The van der Waals surface area contributed by atoms with Crippen molar-refractivity contribution in [3.8, 4) is 22.6 Å². The minimum Gasteiger partial charge on any atom is -0.497 e. The third-order valence-corrected chi connectivity index (χ3v) is 7.56. The lowest BCUT2D eigenvalue weighted by molar-refractivity contribution is -0.139. The molecule has 5 rings (SSSR count). The average Bonchev–Trinajstić information content (AvgIpc) is 2.99. The number of halogens is 1. The fraction of sp³-hybridized carbons (Fsp3) is 0.312. The second-order valence-corrected chi connectivity index (χ2v) is 10.9. The SMILES string of the molecule is COc1cc(OC)c(Cl)c(-c2cc3cnc(Nc4ccccc4)nc3n(CCOC3CN(C(=O)C=CCN(C)C)C3)c2=O)c1. The molecule has 1 aliphatic heterocycles. The predicted octanol–water partition coefficient (Wildman–Crippen LogP) is 4.22. The van der Waals surface area contributed by atoms with Crippen molar-refractivity contribution in [3.05, 3.63) is 82.3 Å². The van der Waals surface area contributed by atoms with Gasteiger partial charge in [-0.2, -0.15) is 4.98 Å². The number of aromatic nitrogens is 3. The lowest BCUT2D eigenvalue weighted by atomic mass is 10.0. The molecule has 0 aliphatic carbocycles. The van der Waals surface area contributed by atoms with Gasteiger partial charge in [-0.3, -0.25) is 14.2 Å². The summed E-state index contributed by atoms with van der Waals surface area (Å²) in [6, 6.07) is 14.6. The van der Waals surface area contributed by atoms with E-state index in [0.717, 1.165) is 5.69 Å². The smallest absolute Gasteiger partial charge is 0.260 e. The number of fused-ring (bicyclic) bond motifs is 1. The van der Waals surface area contributed by atoms with Gasteiger partial charge in [0.05, 0.1) is 38.5 Å². The van der Waals surface area contributed by atoms with Gasteiger partial charge in [-0.25, -0.2) is 4.98 Å². The molecule has 1 N–H and O–H groups in total. The van der Waals surface area contributed by atoms with Crippen molar-refractivity contribution in [2.45, 2.75) is 12.6 Å². The lowest BCUT2D eigenvalue weighted by Crippen LogP contribution is -2.54. The fourth-order valence-electron chi connectivity index (χ4n) is 4.81. The summed E-state index contributed by atoms with van der Waals surface area (Å²) in [7, 11) is 6.93. The summed E-state index contributed by atoms with van der Waals surface area (Å²) in [6.45, 7) is 2.14. The molecule has 4 aromatic rings. The number of nitrogens with one attached hydrogen (secondary N) is 1. The first-order valence-corrected chi connectivity index (χ1v) is 14.5. The molecule has 0 saturated carbocycles. The molecule has 11 nitrogen and oxygen atoms in total. The van der Waals surface area contributed by atoms with Gasteiger partial charge in [0, 0.05) is 60.2 Å². The Hall–Kier alpha value is -4.45. The van der Waals surface area contributed by atoms with Crippen LogP contribution in [0.5, 0.6) is 11.5 Å². The van der Waals surface area contributed by atoms with Crippen molar-refractivity contribution in [1.82, 2.24) is 24.3 Å². The van der Waals surface area contributed by atoms with E-state index in [2.05, 4.69) is 10.3 Å². The van der Waals surface area contributed by atoms with Gasteiger partial charge < -0.3 is 29.3 Å². The molecule has 2 aromatic heterocycles. The van der Waals surface area contributed by atoms with Crippen molar-refractivity contribution in [3.63, 3.8) is 0 Å². The number of methoxy groups -OCH3 is 2. The molecular formula is C32H35ClN6O5. The molecule has 230 valence electrons. The number of likely N-dealkylation sites (N-methyl/N-ethyl adjacent to an activating group) is 1. The van der Waals surface area contributed by atoms with Gasteiger partial charge in [0.1, 0.15) is 17.1 Å². The second-order valence-electron chi connectivity index (χ2n) is 10.6. The molecule has 1 saturated heterocycles. The minimum atomic E-state index is -0.306. The Morgan fingerprint density at radius 1 is 1.11 bits per heavy atom. The van der Waals surface area contributed by atoms with E-state index in [1.54, 1.807) is 39.9 Å². The summed E-state index contributed by atoms with van der Waals surface area (Å²) in [4.78, 5) is 39.3. The van der Waals surface area contributed by atoms with E-state index < -0.39 is 0 Å². The minimum absolute atomic E-state index is 0.0395. The van der Waals surface area contributed by atoms with Crippen LogP contribution in [-0.4, -0.2) is 90.9 Å². The number of carbonyl (C=O) groups is 1. The molecule has 0 unspecified atom stereocenters. The van der Waals surface area contributed by atoms with Gasteiger partial charge in [0.15, 0.2) is 0 Å². The summed E-state index contributed by atoms with van der Waals surface area (Å²) >= 11 is 6.69. The molecule has 12 heteroatoms. The number of benzene rings is 2. The van der Waals surface area contributed by atoms with Gasteiger partial charge in [-0.1, -0.05) is 35.9 Å². The Kier molecular flexibility index (Phi) is 9.78. The van der Waals surface area contributed by atoms with Crippen molar-refractivity contribution in [1.29, 1.82) is 0 Å². The highest BCUT2D eigenvalue weighted by Crippen LogP contribution is 2.38. The van der Waals surface area contributed by atoms with E-state index in [0.29, 0.717) is 59.2 Å². The summed E-state index contributed by atoms with van der Waals surface area (Å²) in [5, 5.41) is 4.11. The van der Waals surface area contributed by atoms with Crippen LogP contribution in [-0.2, 0) is 16.1 Å². The zero-order valence-electron chi connectivity index (χ0n) is 25.1.